The number of aryl methyl sites for hydroxylation is 1. The molecule has 0 atom stereocenters. The van der Waals surface area contributed by atoms with E-state index in [0.717, 1.165) is 43.5 Å². The van der Waals surface area contributed by atoms with Crippen LogP contribution >= 0.6 is 0 Å². The van der Waals surface area contributed by atoms with E-state index < -0.39 is 10.0 Å². The zero-order valence-electron chi connectivity index (χ0n) is 14.9. The summed E-state index contributed by atoms with van der Waals surface area (Å²) in [4.78, 5) is 14.6. The van der Waals surface area contributed by atoms with Crippen molar-refractivity contribution >= 4 is 21.6 Å². The predicted octanol–water partition coefficient (Wildman–Crippen LogP) is 3.56. The molecule has 0 aromatic heterocycles. The molecule has 2 aromatic rings. The van der Waals surface area contributed by atoms with Gasteiger partial charge in [-0.25, -0.2) is 8.42 Å². The molecule has 1 fully saturated rings. The van der Waals surface area contributed by atoms with Crippen LogP contribution in [0.2, 0.25) is 0 Å². The number of amides is 1. The van der Waals surface area contributed by atoms with Gasteiger partial charge in [-0.1, -0.05) is 42.0 Å². The standard InChI is InChI=1S/C20H24N2O3S/c1-16-8-7-9-17(14-16)15-26(24,25)21-19-11-4-3-10-18(19)20(23)22-12-5-2-6-13-22/h3-4,7-11,14,21H,2,5-6,12-13,15H2,1H3. The molecule has 2 aromatic carbocycles. The quantitative estimate of drug-likeness (QED) is 0.873. The third kappa shape index (κ3) is 4.64. The van der Waals surface area contributed by atoms with Crippen LogP contribution in [0.3, 0.4) is 0 Å². The van der Waals surface area contributed by atoms with Crippen molar-refractivity contribution in [1.29, 1.82) is 0 Å². The van der Waals surface area contributed by atoms with E-state index in [2.05, 4.69) is 4.72 Å². The first kappa shape index (κ1) is 18.5. The predicted molar refractivity (Wildman–Crippen MR) is 104 cm³/mol. The number of anilines is 1. The molecule has 0 radical (unpaired) electrons. The minimum Gasteiger partial charge on any atom is -0.339 e. The summed E-state index contributed by atoms with van der Waals surface area (Å²) in [6.45, 7) is 3.38. The number of sulfonamides is 1. The van der Waals surface area contributed by atoms with Gasteiger partial charge < -0.3 is 4.90 Å². The third-order valence-corrected chi connectivity index (χ3v) is 5.75. The molecule has 1 heterocycles. The Morgan fingerprint density at radius 1 is 1.04 bits per heavy atom. The van der Waals surface area contributed by atoms with E-state index in [4.69, 9.17) is 0 Å². The second-order valence-electron chi connectivity index (χ2n) is 6.75. The molecule has 0 spiro atoms. The van der Waals surface area contributed by atoms with Crippen LogP contribution in [0.5, 0.6) is 0 Å². The summed E-state index contributed by atoms with van der Waals surface area (Å²) >= 11 is 0. The summed E-state index contributed by atoms with van der Waals surface area (Å²) in [6, 6.07) is 14.2. The summed E-state index contributed by atoms with van der Waals surface area (Å²) in [5.74, 6) is -0.237. The van der Waals surface area contributed by atoms with Gasteiger partial charge in [0.2, 0.25) is 10.0 Å². The largest absolute Gasteiger partial charge is 0.339 e. The Morgan fingerprint density at radius 2 is 1.77 bits per heavy atom. The van der Waals surface area contributed by atoms with E-state index in [-0.39, 0.29) is 11.7 Å². The van der Waals surface area contributed by atoms with Crippen molar-refractivity contribution in [2.24, 2.45) is 0 Å². The number of nitrogens with zero attached hydrogens (tertiary/aromatic N) is 1. The van der Waals surface area contributed by atoms with E-state index in [9.17, 15) is 13.2 Å². The van der Waals surface area contributed by atoms with Gasteiger partial charge in [-0.3, -0.25) is 9.52 Å². The van der Waals surface area contributed by atoms with E-state index in [1.54, 1.807) is 35.2 Å². The normalized spacial score (nSPS) is 14.9. The molecule has 1 aliphatic heterocycles. The van der Waals surface area contributed by atoms with Crippen molar-refractivity contribution in [3.8, 4) is 0 Å². The van der Waals surface area contributed by atoms with Gasteiger partial charge in [-0.2, -0.15) is 0 Å². The first-order valence-electron chi connectivity index (χ1n) is 8.89. The molecule has 138 valence electrons. The molecule has 0 bridgehead atoms. The molecule has 1 amide bonds. The number of piperidine rings is 1. The topological polar surface area (TPSA) is 66.5 Å². The Morgan fingerprint density at radius 3 is 2.50 bits per heavy atom. The van der Waals surface area contributed by atoms with Crippen LogP contribution in [0.4, 0.5) is 5.69 Å². The number of hydrogen-bond donors (Lipinski definition) is 1. The van der Waals surface area contributed by atoms with Gasteiger partial charge in [0.25, 0.3) is 5.91 Å². The van der Waals surface area contributed by atoms with Gasteiger partial charge in [-0.15, -0.1) is 0 Å². The summed E-state index contributed by atoms with van der Waals surface area (Å²) in [5.41, 5.74) is 2.48. The number of hydrogen-bond acceptors (Lipinski definition) is 3. The van der Waals surface area contributed by atoms with Crippen LogP contribution in [0.1, 0.15) is 40.7 Å². The smallest absolute Gasteiger partial charge is 0.255 e. The Kier molecular flexibility index (Phi) is 5.61. The average Bonchev–Trinajstić information content (AvgIpc) is 2.61. The fourth-order valence-corrected chi connectivity index (χ4v) is 4.45. The van der Waals surface area contributed by atoms with Gasteiger partial charge in [0.1, 0.15) is 0 Å². The third-order valence-electron chi connectivity index (χ3n) is 4.51. The highest BCUT2D eigenvalue weighted by Crippen LogP contribution is 2.22. The molecule has 1 N–H and O–H groups in total. The van der Waals surface area contributed by atoms with Crippen LogP contribution in [-0.2, 0) is 15.8 Å². The van der Waals surface area contributed by atoms with Crippen LogP contribution < -0.4 is 4.72 Å². The highest BCUT2D eigenvalue weighted by molar-refractivity contribution is 7.91. The Balaban J connectivity index is 1.80. The molecule has 5 nitrogen and oxygen atoms in total. The SMILES string of the molecule is Cc1cccc(CS(=O)(=O)Nc2ccccc2C(=O)N2CCCCC2)c1. The van der Waals surface area contributed by atoms with Gasteiger partial charge in [0, 0.05) is 13.1 Å². The lowest BCUT2D eigenvalue weighted by molar-refractivity contribution is 0.0725. The summed E-state index contributed by atoms with van der Waals surface area (Å²) < 4.78 is 27.8. The number of carbonyl (C=O) groups excluding carboxylic acids is 1. The summed E-state index contributed by atoms with van der Waals surface area (Å²) in [5, 5.41) is 0. The number of nitrogens with one attached hydrogen (secondary N) is 1. The number of benzene rings is 2. The average molecular weight is 372 g/mol. The second kappa shape index (κ2) is 7.91. The molecule has 0 unspecified atom stereocenters. The van der Waals surface area contributed by atoms with Crippen molar-refractivity contribution in [3.05, 3.63) is 65.2 Å². The van der Waals surface area contributed by atoms with E-state index in [0.29, 0.717) is 11.3 Å². The minimum absolute atomic E-state index is 0.112. The lowest BCUT2D eigenvalue weighted by atomic mass is 10.1. The maximum Gasteiger partial charge on any atom is 0.255 e. The Labute approximate surface area is 155 Å². The fourth-order valence-electron chi connectivity index (χ4n) is 3.25. The van der Waals surface area contributed by atoms with Gasteiger partial charge >= 0.3 is 0 Å². The van der Waals surface area contributed by atoms with Crippen LogP contribution in [0, 0.1) is 6.92 Å². The molecular formula is C20H24N2O3S. The molecule has 0 saturated carbocycles. The first-order chi connectivity index (χ1) is 12.4. The van der Waals surface area contributed by atoms with E-state index in [1.807, 2.05) is 25.1 Å². The van der Waals surface area contributed by atoms with Crippen molar-refractivity contribution in [3.63, 3.8) is 0 Å². The highest BCUT2D eigenvalue weighted by atomic mass is 32.2. The summed E-state index contributed by atoms with van der Waals surface area (Å²) in [6.07, 6.45) is 3.12. The second-order valence-corrected chi connectivity index (χ2v) is 8.47. The van der Waals surface area contributed by atoms with Crippen LogP contribution in [-0.4, -0.2) is 32.3 Å². The Hall–Kier alpha value is -2.34. The lowest BCUT2D eigenvalue weighted by Crippen LogP contribution is -2.36. The van der Waals surface area contributed by atoms with E-state index >= 15 is 0 Å². The maximum atomic E-state index is 12.8. The fraction of sp³-hybridized carbons (Fsp3) is 0.350. The summed E-state index contributed by atoms with van der Waals surface area (Å²) in [7, 11) is -3.61. The number of carbonyl (C=O) groups is 1. The molecule has 0 aliphatic carbocycles. The van der Waals surface area contributed by atoms with Crippen LogP contribution in [0.15, 0.2) is 48.5 Å². The lowest BCUT2D eigenvalue weighted by Gasteiger charge is -2.27. The number of para-hydroxylation sites is 1. The molecule has 26 heavy (non-hydrogen) atoms. The van der Waals surface area contributed by atoms with Crippen LogP contribution in [0.25, 0.3) is 0 Å². The zero-order chi connectivity index (χ0) is 18.6. The number of likely N-dealkylation sites (tertiary alicyclic amines) is 1. The first-order valence-corrected chi connectivity index (χ1v) is 10.5. The molecule has 6 heteroatoms. The highest BCUT2D eigenvalue weighted by Gasteiger charge is 2.22. The Bertz CT molecular complexity index is 887. The van der Waals surface area contributed by atoms with Crippen molar-refractivity contribution < 1.29 is 13.2 Å². The monoisotopic (exact) mass is 372 g/mol. The van der Waals surface area contributed by atoms with Gasteiger partial charge in [0.15, 0.2) is 0 Å². The minimum atomic E-state index is -3.61. The molecule has 1 aliphatic rings. The van der Waals surface area contributed by atoms with E-state index in [1.165, 1.54) is 0 Å². The van der Waals surface area contributed by atoms with Crippen molar-refractivity contribution in [2.45, 2.75) is 31.9 Å². The van der Waals surface area contributed by atoms with Crippen molar-refractivity contribution in [2.75, 3.05) is 17.8 Å². The van der Waals surface area contributed by atoms with Crippen molar-refractivity contribution in [1.82, 2.24) is 4.90 Å². The van der Waals surface area contributed by atoms with Gasteiger partial charge in [0.05, 0.1) is 17.0 Å². The maximum absolute atomic E-state index is 12.8. The molecule has 3 rings (SSSR count). The van der Waals surface area contributed by atoms with Gasteiger partial charge in [-0.05, 0) is 43.9 Å². The number of rotatable bonds is 5. The molecular weight excluding hydrogens is 348 g/mol. The zero-order valence-corrected chi connectivity index (χ0v) is 15.8. The molecule has 1 saturated heterocycles.